The fraction of sp³-hybridized carbons (Fsp3) is 0.0714. The second-order valence-electron chi connectivity index (χ2n) is 4.29. The van der Waals surface area contributed by atoms with Crippen LogP contribution in [0.1, 0.15) is 15.9 Å². The van der Waals surface area contributed by atoms with E-state index in [1.54, 1.807) is 28.4 Å². The summed E-state index contributed by atoms with van der Waals surface area (Å²) >= 11 is 4.96. The summed E-state index contributed by atoms with van der Waals surface area (Å²) in [7, 11) is 0. The quantitative estimate of drug-likeness (QED) is 0.675. The maximum atomic E-state index is 11.2. The molecule has 0 fully saturated rings. The number of nitrogens with zero attached hydrogens (tertiary/aromatic N) is 3. The SMILES string of the molecule is Cc1ccnc(-n2cc(C=O)c(-c3ccc(Br)s3)n2)c1. The summed E-state index contributed by atoms with van der Waals surface area (Å²) < 4.78 is 2.65. The van der Waals surface area contributed by atoms with Crippen molar-refractivity contribution in [2.24, 2.45) is 0 Å². The summed E-state index contributed by atoms with van der Waals surface area (Å²) in [6.45, 7) is 1.99. The van der Waals surface area contributed by atoms with Crippen molar-refractivity contribution in [3.05, 3.63) is 51.6 Å². The van der Waals surface area contributed by atoms with Crippen LogP contribution >= 0.6 is 27.3 Å². The molecule has 3 aromatic rings. The Hall–Kier alpha value is -1.79. The first-order valence-electron chi connectivity index (χ1n) is 5.91. The van der Waals surface area contributed by atoms with E-state index in [0.717, 1.165) is 20.5 Å². The third-order valence-electron chi connectivity index (χ3n) is 2.81. The van der Waals surface area contributed by atoms with Crippen LogP contribution in [-0.2, 0) is 0 Å². The number of carbonyl (C=O) groups is 1. The Morgan fingerprint density at radius 2 is 2.20 bits per heavy atom. The van der Waals surface area contributed by atoms with Gasteiger partial charge in [-0.25, -0.2) is 9.67 Å². The molecule has 0 bridgehead atoms. The third kappa shape index (κ3) is 2.44. The molecule has 0 unspecified atom stereocenters. The number of hydrogen-bond donors (Lipinski definition) is 0. The van der Waals surface area contributed by atoms with E-state index in [1.807, 2.05) is 31.2 Å². The molecule has 0 saturated carbocycles. The van der Waals surface area contributed by atoms with E-state index < -0.39 is 0 Å². The number of halogens is 1. The molecular formula is C14H10BrN3OS. The fourth-order valence-electron chi connectivity index (χ4n) is 1.87. The lowest BCUT2D eigenvalue weighted by molar-refractivity contribution is 0.112. The number of aromatic nitrogens is 3. The van der Waals surface area contributed by atoms with Crippen LogP contribution < -0.4 is 0 Å². The predicted molar refractivity (Wildman–Crippen MR) is 82.5 cm³/mol. The molecule has 0 amide bonds. The first-order valence-corrected chi connectivity index (χ1v) is 7.52. The zero-order valence-electron chi connectivity index (χ0n) is 10.6. The van der Waals surface area contributed by atoms with Gasteiger partial charge in [-0.15, -0.1) is 11.3 Å². The van der Waals surface area contributed by atoms with Crippen LogP contribution in [0, 0.1) is 6.92 Å². The minimum absolute atomic E-state index is 0.558. The monoisotopic (exact) mass is 347 g/mol. The van der Waals surface area contributed by atoms with Gasteiger partial charge in [-0.1, -0.05) is 0 Å². The van der Waals surface area contributed by atoms with Crippen molar-refractivity contribution >= 4 is 33.6 Å². The average Bonchev–Trinajstić information content (AvgIpc) is 3.04. The van der Waals surface area contributed by atoms with E-state index in [0.29, 0.717) is 17.1 Å². The van der Waals surface area contributed by atoms with Crippen molar-refractivity contribution in [3.8, 4) is 16.4 Å². The summed E-state index contributed by atoms with van der Waals surface area (Å²) in [6, 6.07) is 7.73. The maximum Gasteiger partial charge on any atom is 0.153 e. The Morgan fingerprint density at radius 1 is 1.35 bits per heavy atom. The lowest BCUT2D eigenvalue weighted by Gasteiger charge is -2.00. The fourth-order valence-corrected chi connectivity index (χ4v) is 3.26. The van der Waals surface area contributed by atoms with Gasteiger partial charge in [0.2, 0.25) is 0 Å². The summed E-state index contributed by atoms with van der Waals surface area (Å²) in [5.74, 6) is 0.704. The first-order chi connectivity index (χ1) is 9.67. The van der Waals surface area contributed by atoms with Gasteiger partial charge < -0.3 is 0 Å². The molecule has 0 saturated heterocycles. The maximum absolute atomic E-state index is 11.2. The Bertz CT molecular complexity index is 778. The summed E-state index contributed by atoms with van der Waals surface area (Å²) in [6.07, 6.45) is 4.26. The number of aldehydes is 1. The van der Waals surface area contributed by atoms with Gasteiger partial charge in [0.05, 0.1) is 14.2 Å². The average molecular weight is 348 g/mol. The molecule has 0 aliphatic heterocycles. The molecule has 0 spiro atoms. The van der Waals surface area contributed by atoms with Gasteiger partial charge >= 0.3 is 0 Å². The standard InChI is InChI=1S/C14H10BrN3OS/c1-9-4-5-16-13(6-9)18-7-10(8-19)14(17-18)11-2-3-12(15)20-11/h2-8H,1H3. The van der Waals surface area contributed by atoms with Crippen molar-refractivity contribution in [2.75, 3.05) is 0 Å². The van der Waals surface area contributed by atoms with Gasteiger partial charge in [0, 0.05) is 12.4 Å². The Balaban J connectivity index is 2.11. The van der Waals surface area contributed by atoms with E-state index in [1.165, 1.54) is 0 Å². The predicted octanol–water partition coefficient (Wildman–Crippen LogP) is 3.88. The van der Waals surface area contributed by atoms with Crippen molar-refractivity contribution in [2.45, 2.75) is 6.92 Å². The van der Waals surface area contributed by atoms with Gasteiger partial charge in [-0.3, -0.25) is 4.79 Å². The highest BCUT2D eigenvalue weighted by Gasteiger charge is 2.14. The molecule has 0 N–H and O–H groups in total. The molecule has 4 nitrogen and oxygen atoms in total. The zero-order chi connectivity index (χ0) is 14.1. The Kier molecular flexibility index (Phi) is 3.50. The highest BCUT2D eigenvalue weighted by Crippen LogP contribution is 2.32. The highest BCUT2D eigenvalue weighted by atomic mass is 79.9. The lowest BCUT2D eigenvalue weighted by atomic mass is 10.2. The smallest absolute Gasteiger partial charge is 0.153 e. The Labute approximate surface area is 128 Å². The molecule has 0 atom stereocenters. The molecule has 6 heteroatoms. The van der Waals surface area contributed by atoms with Gasteiger partial charge in [0.1, 0.15) is 5.69 Å². The number of aryl methyl sites for hydroxylation is 1. The van der Waals surface area contributed by atoms with E-state index in [4.69, 9.17) is 0 Å². The number of pyridine rings is 1. The number of hydrogen-bond acceptors (Lipinski definition) is 4. The minimum atomic E-state index is 0.558. The molecule has 20 heavy (non-hydrogen) atoms. The molecule has 3 heterocycles. The molecule has 0 radical (unpaired) electrons. The van der Waals surface area contributed by atoms with Crippen LogP contribution in [0.25, 0.3) is 16.4 Å². The van der Waals surface area contributed by atoms with Gasteiger partial charge in [0.25, 0.3) is 0 Å². The first kappa shape index (κ1) is 13.2. The third-order valence-corrected chi connectivity index (χ3v) is 4.44. The zero-order valence-corrected chi connectivity index (χ0v) is 13.0. The van der Waals surface area contributed by atoms with E-state index >= 15 is 0 Å². The molecule has 100 valence electrons. The molecule has 3 rings (SSSR count). The van der Waals surface area contributed by atoms with E-state index in [-0.39, 0.29) is 0 Å². The largest absolute Gasteiger partial charge is 0.298 e. The minimum Gasteiger partial charge on any atom is -0.298 e. The second-order valence-corrected chi connectivity index (χ2v) is 6.75. The summed E-state index contributed by atoms with van der Waals surface area (Å²) in [4.78, 5) is 16.5. The molecule has 0 aromatic carbocycles. The van der Waals surface area contributed by atoms with Crippen molar-refractivity contribution in [1.82, 2.24) is 14.8 Å². The van der Waals surface area contributed by atoms with Gasteiger partial charge in [-0.05, 0) is 52.7 Å². The number of carbonyl (C=O) groups excluding carboxylic acids is 1. The van der Waals surface area contributed by atoms with Crippen molar-refractivity contribution in [3.63, 3.8) is 0 Å². The van der Waals surface area contributed by atoms with Crippen molar-refractivity contribution in [1.29, 1.82) is 0 Å². The van der Waals surface area contributed by atoms with Crippen LogP contribution in [-0.4, -0.2) is 21.1 Å². The van der Waals surface area contributed by atoms with E-state index in [2.05, 4.69) is 26.0 Å². The van der Waals surface area contributed by atoms with Crippen LogP contribution in [0.3, 0.4) is 0 Å². The second kappa shape index (κ2) is 5.30. The van der Waals surface area contributed by atoms with Crippen molar-refractivity contribution < 1.29 is 4.79 Å². The molecule has 0 aliphatic rings. The lowest BCUT2D eigenvalue weighted by Crippen LogP contribution is -1.98. The Morgan fingerprint density at radius 3 is 2.85 bits per heavy atom. The summed E-state index contributed by atoms with van der Waals surface area (Å²) in [5, 5.41) is 4.49. The molecular weight excluding hydrogens is 338 g/mol. The van der Waals surface area contributed by atoms with Crippen LogP contribution in [0.5, 0.6) is 0 Å². The van der Waals surface area contributed by atoms with E-state index in [9.17, 15) is 4.79 Å². The molecule has 3 aromatic heterocycles. The van der Waals surface area contributed by atoms with Crippen LogP contribution in [0.4, 0.5) is 0 Å². The topological polar surface area (TPSA) is 47.8 Å². The van der Waals surface area contributed by atoms with Gasteiger partial charge in [0.15, 0.2) is 12.1 Å². The number of rotatable bonds is 3. The van der Waals surface area contributed by atoms with Crippen LogP contribution in [0.15, 0.2) is 40.4 Å². The molecule has 0 aliphatic carbocycles. The van der Waals surface area contributed by atoms with Crippen LogP contribution in [0.2, 0.25) is 0 Å². The van der Waals surface area contributed by atoms with Gasteiger partial charge in [-0.2, -0.15) is 5.10 Å². The number of thiophene rings is 1. The highest BCUT2D eigenvalue weighted by molar-refractivity contribution is 9.11. The summed E-state index contributed by atoms with van der Waals surface area (Å²) in [5.41, 5.74) is 2.33. The normalized spacial score (nSPS) is 10.7.